The number of nitrogens with one attached hydrogen (secondary N) is 11. The number of thiol groups is 2. The van der Waals surface area contributed by atoms with Crippen molar-refractivity contribution in [3.8, 4) is 0 Å². The van der Waals surface area contributed by atoms with Crippen LogP contribution in [0.5, 0.6) is 0 Å². The fourth-order valence-electron chi connectivity index (χ4n) is 12.9. The zero-order valence-corrected chi connectivity index (χ0v) is 63.3. The number of carboxylic acids is 1. The Morgan fingerprint density at radius 1 is 0.500 bits per heavy atom. The minimum Gasteiger partial charge on any atom is -0.481 e. The molecule has 4 heterocycles. The van der Waals surface area contributed by atoms with Gasteiger partial charge in [-0.3, -0.25) is 76.9 Å². The zero-order chi connectivity index (χ0) is 82.1. The molecule has 0 bridgehead atoms. The fraction of sp³-hybridized carbons (Fsp3) is 0.672. The van der Waals surface area contributed by atoms with Crippen LogP contribution in [0.2, 0.25) is 0 Å². The molecule has 14 amide bonds. The Morgan fingerprint density at radius 3 is 1.45 bits per heavy atom. The molecule has 43 heteroatoms. The maximum absolute atomic E-state index is 15.6. The minimum atomic E-state index is -2.59. The van der Waals surface area contributed by atoms with E-state index >= 15 is 8.78 Å². The summed E-state index contributed by atoms with van der Waals surface area (Å²) in [5.74, 6) is -32.6. The Hall–Kier alpha value is -9.23. The van der Waals surface area contributed by atoms with Crippen LogP contribution in [0.4, 0.5) is 22.0 Å². The molecule has 0 spiro atoms. The lowest BCUT2D eigenvalue weighted by Gasteiger charge is -2.35. The first-order valence-electron chi connectivity index (χ1n) is 36.2. The number of carbonyl (C=O) groups excluding carboxylic acids is 14. The average Bonchev–Trinajstić information content (AvgIpc) is 1.16. The van der Waals surface area contributed by atoms with E-state index in [9.17, 15) is 100 Å². The summed E-state index contributed by atoms with van der Waals surface area (Å²) in [7, 11) is 0. The number of unbranched alkanes of at least 4 members (excludes halogenated alkanes) is 1. The maximum Gasteiger partial charge on any atom is 0.305 e. The largest absolute Gasteiger partial charge is 0.481 e. The molecule has 0 saturated carbocycles. The number of halogens is 5. The van der Waals surface area contributed by atoms with Gasteiger partial charge in [-0.2, -0.15) is 25.3 Å². The first-order chi connectivity index (χ1) is 52.0. The number of amides is 14. The van der Waals surface area contributed by atoms with Crippen LogP contribution in [0.3, 0.4) is 0 Å². The highest BCUT2D eigenvalue weighted by Gasteiger charge is 2.47. The van der Waals surface area contributed by atoms with E-state index < -0.39 is 264 Å². The smallest absolute Gasteiger partial charge is 0.305 e. The van der Waals surface area contributed by atoms with Crippen molar-refractivity contribution < 1.29 is 109 Å². The number of hydrogen-bond acceptors (Lipinski definition) is 21. The Kier molecular flexibility index (Phi) is 36.0. The number of aliphatic hydroxyl groups is 2. The monoisotopic (exact) mass is 1600 g/mol. The molecule has 4 fully saturated rings. The molecule has 0 radical (unpaired) electrons. The van der Waals surface area contributed by atoms with Crippen LogP contribution in [-0.4, -0.2) is 267 Å². The second kappa shape index (κ2) is 43.4. The number of rotatable bonds is 20. The molecule has 4 saturated heterocycles. The number of aliphatic imine (C=N–C) groups is 1. The fourth-order valence-corrected chi connectivity index (χ4v) is 13.4. The van der Waals surface area contributed by atoms with Crippen molar-refractivity contribution in [3.05, 3.63) is 34.6 Å². The van der Waals surface area contributed by atoms with E-state index in [1.165, 1.54) is 9.80 Å². The SMILES string of the molecule is CC[C@H](C)[C@@H]1NC(=O)[C@@H]2CCCN2C(=O)[C@@H]2CCCN2C(=O)[C@H]([C@@H](C)CC)NC(=O)[C@H](CO)NC(=O)[C@H](CCCCN)NC(=O)[C@H]([C@@H](C)O)NC(=O)[C@H](CS)NC(=O)[C@H](CCCN=C(N)N)NC(=O)CNC(=O)[C@H](CC(=O)O)NC(=O)[C@@H]2CCCN2C(=O)[C@H](Cc2c(F)c(F)c(F)c(F)c2F)NC(=O)[C@H](CS)NC1=O. The molecule has 1 aromatic carbocycles. The number of guanidine groups is 1. The van der Waals surface area contributed by atoms with E-state index in [4.69, 9.17) is 17.2 Å². The second-order valence-electron chi connectivity index (χ2n) is 27.4. The first-order valence-corrected chi connectivity index (χ1v) is 37.5. The van der Waals surface area contributed by atoms with Crippen molar-refractivity contribution in [2.24, 2.45) is 34.0 Å². The van der Waals surface area contributed by atoms with Crippen LogP contribution in [0.1, 0.15) is 130 Å². The number of nitrogens with two attached hydrogens (primary N) is 3. The summed E-state index contributed by atoms with van der Waals surface area (Å²) >= 11 is 8.39. The van der Waals surface area contributed by atoms with Crippen LogP contribution in [0.15, 0.2) is 4.99 Å². The molecule has 4 aliphatic heterocycles. The van der Waals surface area contributed by atoms with Gasteiger partial charge in [-0.05, 0) is 95.9 Å². The minimum absolute atomic E-state index is 0.0102. The normalized spacial score (nSPS) is 27.2. The molecule has 16 atom stereocenters. The summed E-state index contributed by atoms with van der Waals surface area (Å²) in [6.45, 7) is 4.98. The molecule has 36 nitrogen and oxygen atoms in total. The second-order valence-corrected chi connectivity index (χ2v) is 28.1. The third-order valence-electron chi connectivity index (χ3n) is 19.5. The van der Waals surface area contributed by atoms with Gasteiger partial charge in [0.05, 0.1) is 25.7 Å². The molecule has 4 aliphatic rings. The maximum atomic E-state index is 15.6. The number of benzene rings is 1. The van der Waals surface area contributed by atoms with Crippen LogP contribution < -0.4 is 75.7 Å². The van der Waals surface area contributed by atoms with Gasteiger partial charge in [0.15, 0.2) is 29.2 Å². The Morgan fingerprint density at radius 2 is 0.918 bits per heavy atom. The van der Waals surface area contributed by atoms with Crippen molar-refractivity contribution in [2.75, 3.05) is 57.4 Å². The highest BCUT2D eigenvalue weighted by atomic mass is 32.1. The molecule has 614 valence electrons. The van der Waals surface area contributed by atoms with E-state index in [1.807, 2.05) is 0 Å². The quantitative estimate of drug-likeness (QED) is 0.0110. The molecule has 1 aromatic rings. The summed E-state index contributed by atoms with van der Waals surface area (Å²) < 4.78 is 75.2. The van der Waals surface area contributed by atoms with Crippen molar-refractivity contribution in [1.82, 2.24) is 73.2 Å². The average molecular weight is 1610 g/mol. The van der Waals surface area contributed by atoms with Gasteiger partial charge >= 0.3 is 5.97 Å². The lowest BCUT2D eigenvalue weighted by atomic mass is 9.96. The number of aliphatic carboxylic acids is 1. The Balaban J connectivity index is 1.58. The van der Waals surface area contributed by atoms with Gasteiger partial charge in [0.2, 0.25) is 88.5 Å². The van der Waals surface area contributed by atoms with Crippen LogP contribution >= 0.6 is 25.3 Å². The number of aliphatic hydroxyl groups excluding tert-OH is 2. The number of carboxylic acid groups (broad SMARTS) is 1. The van der Waals surface area contributed by atoms with Gasteiger partial charge < -0.3 is 106 Å². The molecule has 0 aliphatic carbocycles. The predicted molar refractivity (Wildman–Crippen MR) is 387 cm³/mol. The number of nitrogens with zero attached hydrogens (tertiary/aromatic N) is 4. The molecule has 0 aromatic heterocycles. The number of hydrogen-bond donors (Lipinski definition) is 19. The molecule has 5 rings (SSSR count). The summed E-state index contributed by atoms with van der Waals surface area (Å²) in [5, 5.41) is 57.4. The lowest BCUT2D eigenvalue weighted by Crippen LogP contribution is -2.63. The summed E-state index contributed by atoms with van der Waals surface area (Å²) in [6, 6.07) is -22.1. The number of fused-ring (bicyclic) bond motifs is 3. The van der Waals surface area contributed by atoms with Crippen LogP contribution in [-0.2, 0) is 78.3 Å². The summed E-state index contributed by atoms with van der Waals surface area (Å²) in [6.07, 6.45) is -3.86. The molecular formula is C67H101F5N18O18S2. The van der Waals surface area contributed by atoms with E-state index in [2.05, 4.69) is 88.7 Å². The van der Waals surface area contributed by atoms with Crippen LogP contribution in [0.25, 0.3) is 0 Å². The highest BCUT2D eigenvalue weighted by molar-refractivity contribution is 7.80. The van der Waals surface area contributed by atoms with Crippen molar-refractivity contribution >= 4 is 120 Å². The molecule has 110 heavy (non-hydrogen) atoms. The number of carbonyl (C=O) groups is 15. The van der Waals surface area contributed by atoms with Gasteiger partial charge in [0.1, 0.15) is 78.5 Å². The Bertz CT molecular complexity index is 3540. The van der Waals surface area contributed by atoms with Crippen molar-refractivity contribution in [2.45, 2.75) is 216 Å². The van der Waals surface area contributed by atoms with Crippen molar-refractivity contribution in [3.63, 3.8) is 0 Å². The van der Waals surface area contributed by atoms with Gasteiger partial charge in [0.25, 0.3) is 0 Å². The van der Waals surface area contributed by atoms with Gasteiger partial charge in [-0.25, -0.2) is 22.0 Å². The highest BCUT2D eigenvalue weighted by Crippen LogP contribution is 2.30. The molecular weight excluding hydrogens is 1500 g/mol. The third-order valence-corrected chi connectivity index (χ3v) is 20.2. The van der Waals surface area contributed by atoms with E-state index in [-0.39, 0.29) is 109 Å². The van der Waals surface area contributed by atoms with Gasteiger partial charge in [0, 0.05) is 49.7 Å². The molecule has 20 N–H and O–H groups in total. The van der Waals surface area contributed by atoms with Gasteiger partial charge in [-0.1, -0.05) is 40.5 Å². The lowest BCUT2D eigenvalue weighted by molar-refractivity contribution is -0.149. The predicted octanol–water partition coefficient (Wildman–Crippen LogP) is -5.14. The Labute approximate surface area is 641 Å². The van der Waals surface area contributed by atoms with Crippen molar-refractivity contribution in [1.29, 1.82) is 0 Å². The van der Waals surface area contributed by atoms with Gasteiger partial charge in [-0.15, -0.1) is 0 Å². The summed E-state index contributed by atoms with van der Waals surface area (Å²) in [4.78, 5) is 220. The van der Waals surface area contributed by atoms with Crippen LogP contribution in [0, 0.1) is 40.9 Å². The summed E-state index contributed by atoms with van der Waals surface area (Å²) in [5.41, 5.74) is 15.0. The van der Waals surface area contributed by atoms with E-state index in [0.717, 1.165) is 6.92 Å². The standard InChI is InChI=1S/C67H101F5N18O18S2/c1-6-30(3)51-62(104)84-39(28-109)58(100)81-37(24-33-46(68)48(70)50(72)49(71)47(33)69)64(106)88-21-11-16-41(88)60(102)80-36(25-45(94)95)54(96)77-26-44(93)78-34(15-10-20-76-67(74)75)55(97)83-40(29-110)59(101)87-53(32(5)92)63(105)79-35(14-8-9-19-73)56(98)82-38(27-91)57(99)86-52(31(4)7-2)66(108)90-23-13-18-43(90)65(107)89-22-12-17-42(89)61(103)85-51/h30-32,34-43,51-53,91-92,109-110H,6-29,73H2,1-5H3,(H,77,96)(H,78,93)(H,79,105)(H,80,102)(H,81,100)(H,82,98)(H,83,97)(H,84,104)(H,85,103)(H,86,99)(H,87,101)(H,94,95)(H4,74,75,76)/t30-,31-,32+,34-,35-,36-,37-,38-,39-,40-,41-,42-,43-,51-,52-,53-/m0/s1. The zero-order valence-electron chi connectivity index (χ0n) is 61.5. The van der Waals surface area contributed by atoms with E-state index in [0.29, 0.717) is 11.3 Å². The third kappa shape index (κ3) is 24.6. The van der Waals surface area contributed by atoms with E-state index in [1.54, 1.807) is 27.7 Å². The molecule has 0 unspecified atom stereocenters. The first kappa shape index (κ1) is 91.4. The topological polar surface area (TPSA) is 549 Å².